The Morgan fingerprint density at radius 3 is 1.85 bits per heavy atom. The summed E-state index contributed by atoms with van der Waals surface area (Å²) >= 11 is 0. The van der Waals surface area contributed by atoms with Crippen molar-refractivity contribution in [1.29, 1.82) is 0 Å². The molecule has 0 spiro atoms. The smallest absolute Gasteiger partial charge is 0.361 e. The Labute approximate surface area is 226 Å². The van der Waals surface area contributed by atoms with E-state index in [1.54, 1.807) is 30.1 Å². The molecule has 12 nitrogen and oxygen atoms in total. The predicted octanol–water partition coefficient (Wildman–Crippen LogP) is 1.44. The zero-order valence-electron chi connectivity index (χ0n) is 22.1. The molecule has 210 valence electrons. The van der Waals surface area contributed by atoms with Gasteiger partial charge in [0.05, 0.1) is 21.7 Å². The Hall–Kier alpha value is -3.20. The van der Waals surface area contributed by atoms with E-state index in [9.17, 15) is 31.6 Å². The molecule has 14 heteroatoms. The highest BCUT2D eigenvalue weighted by Crippen LogP contribution is 2.37. The Morgan fingerprint density at radius 1 is 0.795 bits per heavy atom. The van der Waals surface area contributed by atoms with Crippen LogP contribution in [0, 0.1) is 0 Å². The van der Waals surface area contributed by atoms with Gasteiger partial charge in [-0.05, 0) is 81.5 Å². The molecule has 39 heavy (non-hydrogen) atoms. The average molecular weight is 578 g/mol. The fraction of sp³-hybridized carbons (Fsp3) is 0.440. The van der Waals surface area contributed by atoms with Gasteiger partial charge in [0.1, 0.15) is 5.52 Å². The number of hydrogen-bond donors (Lipinski definition) is 3. The van der Waals surface area contributed by atoms with Crippen LogP contribution in [0.25, 0.3) is 11.0 Å². The number of benzene rings is 2. The van der Waals surface area contributed by atoms with E-state index in [2.05, 4.69) is 9.44 Å². The number of carbonyl (C=O) groups is 1. The number of nitrogens with zero attached hydrogens (tertiary/aromatic N) is 3. The summed E-state index contributed by atoms with van der Waals surface area (Å²) in [6.45, 7) is 3.74. The monoisotopic (exact) mass is 577 g/mol. The number of amides is 1. The van der Waals surface area contributed by atoms with Crippen molar-refractivity contribution in [2.45, 2.75) is 66.8 Å². The molecule has 2 aliphatic carbocycles. The Bertz CT molecular complexity index is 1780. The molecule has 1 amide bonds. The Kier molecular flexibility index (Phi) is 6.25. The third kappa shape index (κ3) is 5.21. The van der Waals surface area contributed by atoms with E-state index in [1.165, 1.54) is 29.8 Å². The maximum Gasteiger partial charge on any atom is 0.361 e. The van der Waals surface area contributed by atoms with E-state index in [-0.39, 0.29) is 38.7 Å². The maximum absolute atomic E-state index is 12.2. The number of aryl methyl sites for hydroxylation is 1. The lowest BCUT2D eigenvalue weighted by molar-refractivity contribution is -0.117. The molecule has 1 aromatic heterocycles. The number of sulfonamides is 2. The number of likely N-dealkylation sites (N-methyl/N-ethyl adjacent to an activating group) is 1. The standard InChI is InChI=1S/C13H16N2O3S.C12H15N3O4S/c1-13(5-6-13)14-19(17,18)10-3-4-11-9(7-10)8-12(16)15(11)2;1-12(5-6-12)13-20(18,19)8-3-4-9-10(7-8)15(17)11(16)14(9)2/h3-4,7,14H,5-6,8H2,1-2H3;3-4,7,13,17H,5-6H2,1-2H3. The number of rotatable bonds is 6. The number of nitrogens with one attached hydrogen (secondary N) is 2. The molecule has 2 heterocycles. The number of anilines is 1. The van der Waals surface area contributed by atoms with Gasteiger partial charge in [-0.3, -0.25) is 9.36 Å². The minimum Gasteiger partial charge on any atom is -0.424 e. The summed E-state index contributed by atoms with van der Waals surface area (Å²) in [5.41, 5.74) is 0.929. The molecule has 3 aliphatic rings. The largest absolute Gasteiger partial charge is 0.424 e. The van der Waals surface area contributed by atoms with E-state index in [1.807, 2.05) is 13.8 Å². The van der Waals surface area contributed by atoms with E-state index in [4.69, 9.17) is 0 Å². The van der Waals surface area contributed by atoms with Crippen LogP contribution < -0.4 is 20.0 Å². The van der Waals surface area contributed by atoms with E-state index < -0.39 is 25.7 Å². The summed E-state index contributed by atoms with van der Waals surface area (Å²) in [6.07, 6.45) is 3.64. The normalized spacial score (nSPS) is 19.0. The first-order valence-corrected chi connectivity index (χ1v) is 15.4. The summed E-state index contributed by atoms with van der Waals surface area (Å²) in [6, 6.07) is 9.09. The number of hydrogen-bond acceptors (Lipinski definition) is 7. The summed E-state index contributed by atoms with van der Waals surface area (Å²) in [4.78, 5) is 25.0. The van der Waals surface area contributed by atoms with Gasteiger partial charge >= 0.3 is 5.69 Å². The van der Waals surface area contributed by atoms with Crippen LogP contribution in [0.1, 0.15) is 45.1 Å². The molecule has 3 N–H and O–H groups in total. The second-order valence-corrected chi connectivity index (χ2v) is 14.4. The molecule has 0 radical (unpaired) electrons. The number of carbonyl (C=O) groups excluding carboxylic acids is 1. The molecule has 3 aromatic rings. The fourth-order valence-electron chi connectivity index (χ4n) is 4.43. The van der Waals surface area contributed by atoms with Gasteiger partial charge in [-0.15, -0.1) is 4.73 Å². The van der Waals surface area contributed by atoms with Gasteiger partial charge in [0.15, 0.2) is 0 Å². The van der Waals surface area contributed by atoms with Crippen molar-refractivity contribution in [3.05, 3.63) is 52.4 Å². The van der Waals surface area contributed by atoms with Crippen LogP contribution >= 0.6 is 0 Å². The fourth-order valence-corrected chi connectivity index (χ4v) is 7.43. The van der Waals surface area contributed by atoms with Gasteiger partial charge in [0, 0.05) is 30.9 Å². The van der Waals surface area contributed by atoms with Crippen molar-refractivity contribution in [2.24, 2.45) is 7.05 Å². The van der Waals surface area contributed by atoms with Crippen molar-refractivity contribution in [3.8, 4) is 0 Å². The van der Waals surface area contributed by atoms with Gasteiger partial charge in [0.25, 0.3) is 0 Å². The summed E-state index contributed by atoms with van der Waals surface area (Å²) in [5.74, 6) is -0.00772. The number of fused-ring (bicyclic) bond motifs is 2. The van der Waals surface area contributed by atoms with Gasteiger partial charge < -0.3 is 10.1 Å². The molecular weight excluding hydrogens is 546 g/mol. The maximum atomic E-state index is 12.2. The molecule has 2 aromatic carbocycles. The molecule has 2 saturated carbocycles. The quantitative estimate of drug-likeness (QED) is 0.374. The summed E-state index contributed by atoms with van der Waals surface area (Å²) in [5, 5.41) is 9.68. The van der Waals surface area contributed by atoms with E-state index in [0.717, 1.165) is 36.9 Å². The van der Waals surface area contributed by atoms with Crippen LogP contribution in [0.3, 0.4) is 0 Å². The third-order valence-electron chi connectivity index (χ3n) is 7.51. The number of imidazole rings is 1. The van der Waals surface area contributed by atoms with Crippen LogP contribution in [-0.2, 0) is 38.3 Å². The van der Waals surface area contributed by atoms with Gasteiger partial charge in [-0.1, -0.05) is 0 Å². The molecule has 0 bridgehead atoms. The van der Waals surface area contributed by atoms with Gasteiger partial charge in [-0.2, -0.15) is 0 Å². The van der Waals surface area contributed by atoms with Crippen molar-refractivity contribution in [3.63, 3.8) is 0 Å². The second kappa shape index (κ2) is 8.91. The molecule has 0 atom stereocenters. The first-order chi connectivity index (χ1) is 18.0. The zero-order chi connectivity index (χ0) is 28.5. The highest BCUT2D eigenvalue weighted by molar-refractivity contribution is 7.89. The average Bonchev–Trinajstić information content (AvgIpc) is 3.74. The summed E-state index contributed by atoms with van der Waals surface area (Å²) < 4.78 is 56.0. The third-order valence-corrected chi connectivity index (χ3v) is 10.8. The molecule has 2 fully saturated rings. The highest BCUT2D eigenvalue weighted by atomic mass is 32.2. The zero-order valence-corrected chi connectivity index (χ0v) is 23.7. The lowest BCUT2D eigenvalue weighted by Gasteiger charge is -2.14. The predicted molar refractivity (Wildman–Crippen MR) is 144 cm³/mol. The van der Waals surface area contributed by atoms with Crippen LogP contribution in [-0.4, -0.2) is 55.4 Å². The summed E-state index contributed by atoms with van der Waals surface area (Å²) in [7, 11) is -3.94. The SMILES string of the molecule is CN1C(=O)Cc2cc(S(=O)(=O)NC3(C)CC3)ccc21.Cn1c(=O)n(O)c2cc(S(=O)(=O)NC3(C)CC3)ccc21. The highest BCUT2D eigenvalue weighted by Gasteiger charge is 2.42. The molecule has 6 rings (SSSR count). The second-order valence-electron chi connectivity index (χ2n) is 11.1. The van der Waals surface area contributed by atoms with Crippen molar-refractivity contribution < 1.29 is 26.8 Å². The lowest BCUT2D eigenvalue weighted by atomic mass is 10.2. The minimum absolute atomic E-state index is 0.00772. The first-order valence-electron chi connectivity index (χ1n) is 12.4. The minimum atomic E-state index is -3.65. The Balaban J connectivity index is 0.000000158. The molecule has 1 aliphatic heterocycles. The first kappa shape index (κ1) is 27.4. The van der Waals surface area contributed by atoms with Crippen LogP contribution in [0.4, 0.5) is 5.69 Å². The molecular formula is C25H31N5O7S2. The van der Waals surface area contributed by atoms with Crippen molar-refractivity contribution in [1.82, 2.24) is 18.7 Å². The van der Waals surface area contributed by atoms with E-state index in [0.29, 0.717) is 10.2 Å². The van der Waals surface area contributed by atoms with Crippen molar-refractivity contribution >= 4 is 42.7 Å². The molecule has 0 unspecified atom stereocenters. The van der Waals surface area contributed by atoms with Gasteiger partial charge in [0.2, 0.25) is 26.0 Å². The van der Waals surface area contributed by atoms with Gasteiger partial charge in [-0.25, -0.2) is 31.1 Å². The van der Waals surface area contributed by atoms with Crippen LogP contribution in [0.5, 0.6) is 0 Å². The number of aromatic nitrogens is 2. The lowest BCUT2D eigenvalue weighted by Crippen LogP contribution is -2.34. The van der Waals surface area contributed by atoms with Crippen LogP contribution in [0.2, 0.25) is 0 Å². The van der Waals surface area contributed by atoms with E-state index >= 15 is 0 Å². The van der Waals surface area contributed by atoms with Crippen LogP contribution in [0.15, 0.2) is 51.0 Å². The topological polar surface area (TPSA) is 160 Å². The van der Waals surface area contributed by atoms with Crippen molar-refractivity contribution in [2.75, 3.05) is 11.9 Å². The Morgan fingerprint density at radius 2 is 1.31 bits per heavy atom. The molecule has 0 saturated heterocycles.